The van der Waals surface area contributed by atoms with Crippen LogP contribution in [-0.4, -0.2) is 77.4 Å². The second kappa shape index (κ2) is 10.1. The number of nitrogens with two attached hydrogens (primary N) is 1. The largest absolute Gasteiger partial charge is 0.434 e. The summed E-state index contributed by atoms with van der Waals surface area (Å²) in [5.41, 5.74) is 9.18. The zero-order valence-electron chi connectivity index (χ0n) is 19.6. The van der Waals surface area contributed by atoms with Crippen LogP contribution < -0.4 is 15.7 Å². The molecule has 35 heavy (non-hydrogen) atoms. The first-order valence-corrected chi connectivity index (χ1v) is 11.6. The van der Waals surface area contributed by atoms with Gasteiger partial charge in [-0.1, -0.05) is 30.3 Å². The Balaban J connectivity index is 1.38. The number of amides is 1. The molecular formula is C24H28N8O3. The Kier molecular flexibility index (Phi) is 6.57. The van der Waals surface area contributed by atoms with Gasteiger partial charge in [0.2, 0.25) is 11.9 Å². The molecule has 0 saturated carbocycles. The highest BCUT2D eigenvalue weighted by Gasteiger charge is 2.31. The Bertz CT molecular complexity index is 1170. The third kappa shape index (κ3) is 5.09. The fourth-order valence-corrected chi connectivity index (χ4v) is 4.11. The molecule has 0 unspecified atom stereocenters. The van der Waals surface area contributed by atoms with Gasteiger partial charge >= 0.3 is 6.09 Å². The van der Waals surface area contributed by atoms with Crippen molar-refractivity contribution in [2.45, 2.75) is 12.8 Å². The first kappa shape index (κ1) is 22.8. The molecule has 4 heterocycles. The average Bonchev–Trinajstić information content (AvgIpc) is 3.31. The van der Waals surface area contributed by atoms with Crippen LogP contribution in [0, 0.1) is 0 Å². The van der Waals surface area contributed by atoms with Crippen LogP contribution in [0.5, 0.6) is 0 Å². The lowest BCUT2D eigenvalue weighted by Crippen LogP contribution is -2.38. The molecule has 2 aliphatic rings. The number of nitrogen functional groups attached to an aromatic ring is 1. The highest BCUT2D eigenvalue weighted by atomic mass is 16.7. The lowest BCUT2D eigenvalue weighted by molar-refractivity contribution is 0.101. The number of benzene rings is 1. The van der Waals surface area contributed by atoms with Gasteiger partial charge in [-0.2, -0.15) is 10.0 Å². The van der Waals surface area contributed by atoms with Crippen molar-refractivity contribution in [2.24, 2.45) is 0 Å². The zero-order chi connectivity index (χ0) is 24.2. The van der Waals surface area contributed by atoms with Gasteiger partial charge in [-0.05, 0) is 18.4 Å². The van der Waals surface area contributed by atoms with E-state index in [9.17, 15) is 4.79 Å². The normalized spacial score (nSPS) is 15.1. The minimum Gasteiger partial charge on any atom is -0.378 e. The maximum Gasteiger partial charge on any atom is 0.434 e. The van der Waals surface area contributed by atoms with Gasteiger partial charge in [-0.3, -0.25) is 0 Å². The Labute approximate surface area is 203 Å². The van der Waals surface area contributed by atoms with E-state index >= 15 is 0 Å². The molecule has 3 aromatic rings. The summed E-state index contributed by atoms with van der Waals surface area (Å²) in [6.45, 7) is 3.59. The zero-order valence-corrected chi connectivity index (χ0v) is 19.6. The molecule has 11 nitrogen and oxygen atoms in total. The highest BCUT2D eigenvalue weighted by Crippen LogP contribution is 2.35. The molecule has 2 aliphatic heterocycles. The maximum atomic E-state index is 12.9. The summed E-state index contributed by atoms with van der Waals surface area (Å²) in [4.78, 5) is 40.2. The van der Waals surface area contributed by atoms with Crippen LogP contribution in [0.4, 0.5) is 22.5 Å². The number of carbonyl (C=O) groups excluding carboxylic acids is 1. The van der Waals surface area contributed by atoms with E-state index in [0.717, 1.165) is 23.1 Å². The number of nitrogens with zero attached hydrogens (tertiary/aromatic N) is 7. The minimum absolute atomic E-state index is 0.196. The molecule has 0 spiro atoms. The fourth-order valence-electron chi connectivity index (χ4n) is 4.11. The number of morpholine rings is 1. The number of fused-ring (bicyclic) bond motifs is 1. The van der Waals surface area contributed by atoms with Crippen molar-refractivity contribution in [2.75, 3.05) is 62.1 Å². The average molecular weight is 477 g/mol. The molecule has 1 aromatic carbocycles. The number of anilines is 3. The van der Waals surface area contributed by atoms with Crippen LogP contribution in [0.2, 0.25) is 0 Å². The van der Waals surface area contributed by atoms with Crippen molar-refractivity contribution in [3.8, 4) is 11.3 Å². The van der Waals surface area contributed by atoms with Gasteiger partial charge in [0.25, 0.3) is 0 Å². The predicted molar refractivity (Wildman–Crippen MR) is 131 cm³/mol. The Morgan fingerprint density at radius 2 is 1.86 bits per heavy atom. The second-order valence-corrected chi connectivity index (χ2v) is 8.47. The third-order valence-corrected chi connectivity index (χ3v) is 6.09. The molecule has 2 N–H and O–H groups in total. The fraction of sp³-hybridized carbons (Fsp3) is 0.375. The number of hydrogen-bond acceptors (Lipinski definition) is 10. The number of likely N-dealkylation sites (N-methyl/N-ethyl adjacent to an activating group) is 1. The van der Waals surface area contributed by atoms with E-state index in [4.69, 9.17) is 25.3 Å². The van der Waals surface area contributed by atoms with Gasteiger partial charge in [0.05, 0.1) is 25.5 Å². The van der Waals surface area contributed by atoms with Crippen molar-refractivity contribution in [1.82, 2.24) is 24.8 Å². The number of ether oxygens (including phenoxy) is 1. The summed E-state index contributed by atoms with van der Waals surface area (Å²) in [7, 11) is 1.73. The lowest BCUT2D eigenvalue weighted by atomic mass is 10.1. The van der Waals surface area contributed by atoms with E-state index in [1.54, 1.807) is 29.4 Å². The SMILES string of the molecule is CN(CCc1ccccc1)C(=O)ON1CCc2c(-c3cnc(N)nc3)nc(N3CCOCC3)nc21. The second-order valence-electron chi connectivity index (χ2n) is 8.47. The summed E-state index contributed by atoms with van der Waals surface area (Å²) in [6.07, 6.45) is 4.24. The van der Waals surface area contributed by atoms with Gasteiger partial charge in [0.1, 0.15) is 0 Å². The van der Waals surface area contributed by atoms with E-state index in [1.807, 2.05) is 30.3 Å². The molecular weight excluding hydrogens is 448 g/mol. The van der Waals surface area contributed by atoms with Crippen molar-refractivity contribution >= 4 is 23.8 Å². The monoisotopic (exact) mass is 476 g/mol. The van der Waals surface area contributed by atoms with Gasteiger partial charge in [-0.15, -0.1) is 0 Å². The van der Waals surface area contributed by atoms with Crippen LogP contribution >= 0.6 is 0 Å². The Morgan fingerprint density at radius 1 is 1.11 bits per heavy atom. The van der Waals surface area contributed by atoms with Crippen molar-refractivity contribution < 1.29 is 14.4 Å². The van der Waals surface area contributed by atoms with E-state index < -0.39 is 6.09 Å². The van der Waals surface area contributed by atoms with Gasteiger partial charge in [0.15, 0.2) is 5.82 Å². The first-order valence-electron chi connectivity index (χ1n) is 11.6. The Hall–Kier alpha value is -3.99. The van der Waals surface area contributed by atoms with Crippen molar-refractivity contribution in [3.05, 3.63) is 53.9 Å². The van der Waals surface area contributed by atoms with Crippen LogP contribution in [0.15, 0.2) is 42.7 Å². The van der Waals surface area contributed by atoms with Gasteiger partial charge in [0, 0.05) is 50.2 Å². The summed E-state index contributed by atoms with van der Waals surface area (Å²) >= 11 is 0. The van der Waals surface area contributed by atoms with Gasteiger partial charge < -0.3 is 25.1 Å². The number of rotatable bonds is 6. The van der Waals surface area contributed by atoms with Crippen LogP contribution in [0.1, 0.15) is 11.1 Å². The molecule has 0 bridgehead atoms. The highest BCUT2D eigenvalue weighted by molar-refractivity contribution is 5.74. The van der Waals surface area contributed by atoms with Crippen LogP contribution in [0.25, 0.3) is 11.3 Å². The first-order chi connectivity index (χ1) is 17.1. The summed E-state index contributed by atoms with van der Waals surface area (Å²) in [6, 6.07) is 10.0. The van der Waals surface area contributed by atoms with E-state index in [0.29, 0.717) is 63.3 Å². The smallest absolute Gasteiger partial charge is 0.378 e. The molecule has 0 atom stereocenters. The number of aromatic nitrogens is 4. The van der Waals surface area contributed by atoms with E-state index in [-0.39, 0.29) is 5.95 Å². The molecule has 1 fully saturated rings. The lowest BCUT2D eigenvalue weighted by Gasteiger charge is -2.28. The molecule has 11 heteroatoms. The summed E-state index contributed by atoms with van der Waals surface area (Å²) in [5, 5.41) is 1.56. The van der Waals surface area contributed by atoms with Crippen LogP contribution in [0.3, 0.4) is 0 Å². The van der Waals surface area contributed by atoms with Crippen LogP contribution in [-0.2, 0) is 22.4 Å². The molecule has 0 radical (unpaired) electrons. The number of hydroxylamine groups is 1. The molecule has 1 saturated heterocycles. The Morgan fingerprint density at radius 3 is 2.60 bits per heavy atom. The molecule has 182 valence electrons. The quantitative estimate of drug-likeness (QED) is 0.565. The van der Waals surface area contributed by atoms with Crippen molar-refractivity contribution in [1.29, 1.82) is 0 Å². The standard InChI is InChI=1S/C24H28N8O3/c1-30(9-7-17-5-3-2-4-6-17)24(33)35-32-10-8-19-20(18-15-26-22(25)27-16-18)28-23(29-21(19)32)31-11-13-34-14-12-31/h2-6,15-16H,7-14H2,1H3,(H2,25,26,27). The molecule has 0 aliphatic carbocycles. The predicted octanol–water partition coefficient (Wildman–Crippen LogP) is 1.94. The molecule has 1 amide bonds. The summed E-state index contributed by atoms with van der Waals surface area (Å²) < 4.78 is 5.48. The van der Waals surface area contributed by atoms with E-state index in [2.05, 4.69) is 14.9 Å². The maximum absolute atomic E-state index is 12.9. The molecule has 2 aromatic heterocycles. The third-order valence-electron chi connectivity index (χ3n) is 6.09. The minimum atomic E-state index is -0.433. The molecule has 5 rings (SSSR count). The summed E-state index contributed by atoms with van der Waals surface area (Å²) in [5.74, 6) is 1.33. The van der Waals surface area contributed by atoms with Crippen molar-refractivity contribution in [3.63, 3.8) is 0 Å². The number of hydrogen-bond donors (Lipinski definition) is 1. The van der Waals surface area contributed by atoms with Gasteiger partial charge in [-0.25, -0.2) is 19.7 Å². The number of carbonyl (C=O) groups is 1. The van der Waals surface area contributed by atoms with E-state index in [1.165, 1.54) is 0 Å². The topological polar surface area (TPSA) is 123 Å².